The van der Waals surface area contributed by atoms with E-state index in [2.05, 4.69) is 25.1 Å². The van der Waals surface area contributed by atoms with Gasteiger partial charge in [0.1, 0.15) is 6.33 Å². The number of nitrogens with one attached hydrogen (secondary N) is 1. The van der Waals surface area contributed by atoms with E-state index < -0.39 is 6.10 Å². The number of rotatable bonds is 4. The van der Waals surface area contributed by atoms with Crippen molar-refractivity contribution in [2.75, 3.05) is 6.54 Å². The molecule has 9 nitrogen and oxygen atoms in total. The highest BCUT2D eigenvalue weighted by molar-refractivity contribution is 5.26. The Hall–Kier alpha value is -2.52. The number of hydrogen-bond acceptors (Lipinski definition) is 6. The summed E-state index contributed by atoms with van der Waals surface area (Å²) in [6, 6.07) is 3.49. The molecule has 3 aromatic heterocycles. The van der Waals surface area contributed by atoms with Gasteiger partial charge in [-0.15, -0.1) is 0 Å². The Bertz CT molecular complexity index is 925. The summed E-state index contributed by atoms with van der Waals surface area (Å²) in [7, 11) is 0. The van der Waals surface area contributed by atoms with Crippen molar-refractivity contribution in [1.82, 2.24) is 34.3 Å². The van der Waals surface area contributed by atoms with Gasteiger partial charge in [-0.2, -0.15) is 9.61 Å². The first kappa shape index (κ1) is 15.0. The molecule has 0 radical (unpaired) electrons. The van der Waals surface area contributed by atoms with Crippen LogP contribution in [0.3, 0.4) is 0 Å². The summed E-state index contributed by atoms with van der Waals surface area (Å²) in [6.07, 6.45) is 1.59. The zero-order valence-electron chi connectivity index (χ0n) is 13.4. The van der Waals surface area contributed by atoms with Gasteiger partial charge < -0.3 is 5.11 Å². The maximum Gasteiger partial charge on any atom is 0.274 e. The second-order valence-corrected chi connectivity index (χ2v) is 6.03. The van der Waals surface area contributed by atoms with Gasteiger partial charge in [-0.3, -0.25) is 19.5 Å². The molecule has 0 bridgehead atoms. The summed E-state index contributed by atoms with van der Waals surface area (Å²) in [5, 5.41) is 17.1. The molecule has 2 N–H and O–H groups in total. The van der Waals surface area contributed by atoms with Gasteiger partial charge in [0.25, 0.3) is 11.3 Å². The number of aromatic amines is 1. The van der Waals surface area contributed by atoms with Crippen LogP contribution in [0.5, 0.6) is 0 Å². The Morgan fingerprint density at radius 1 is 1.38 bits per heavy atom. The zero-order valence-corrected chi connectivity index (χ0v) is 13.4. The van der Waals surface area contributed by atoms with E-state index in [-0.39, 0.29) is 5.56 Å². The van der Waals surface area contributed by atoms with Crippen LogP contribution in [-0.4, -0.2) is 45.9 Å². The van der Waals surface area contributed by atoms with Crippen LogP contribution < -0.4 is 5.56 Å². The minimum atomic E-state index is -0.514. The van der Waals surface area contributed by atoms with Crippen LogP contribution in [0.4, 0.5) is 0 Å². The summed E-state index contributed by atoms with van der Waals surface area (Å²) < 4.78 is 3.26. The van der Waals surface area contributed by atoms with Gasteiger partial charge in [0.05, 0.1) is 29.7 Å². The van der Waals surface area contributed by atoms with Crippen LogP contribution in [0.25, 0.3) is 5.78 Å². The van der Waals surface area contributed by atoms with Crippen molar-refractivity contribution in [3.05, 3.63) is 45.9 Å². The highest BCUT2D eigenvalue weighted by Gasteiger charge is 2.21. The molecule has 4 rings (SSSR count). The molecule has 1 aliphatic rings. The molecule has 0 amide bonds. The Morgan fingerprint density at radius 2 is 2.25 bits per heavy atom. The smallest absolute Gasteiger partial charge is 0.274 e. The van der Waals surface area contributed by atoms with Gasteiger partial charge in [0, 0.05) is 25.7 Å². The number of aliphatic hydroxyl groups is 1. The lowest BCUT2D eigenvalue weighted by atomic mass is 10.2. The van der Waals surface area contributed by atoms with Crippen LogP contribution in [0.2, 0.25) is 0 Å². The third kappa shape index (κ3) is 2.61. The van der Waals surface area contributed by atoms with Gasteiger partial charge in [-0.05, 0) is 12.5 Å². The van der Waals surface area contributed by atoms with E-state index in [4.69, 9.17) is 0 Å². The van der Waals surface area contributed by atoms with Crippen molar-refractivity contribution in [2.45, 2.75) is 39.1 Å². The summed E-state index contributed by atoms with van der Waals surface area (Å²) in [5.74, 6) is 0.382. The van der Waals surface area contributed by atoms with Crippen LogP contribution in [0, 0.1) is 0 Å². The molecule has 9 heteroatoms. The molecule has 0 saturated carbocycles. The molecule has 3 aromatic rings. The molecule has 126 valence electrons. The first-order valence-corrected chi connectivity index (χ1v) is 8.03. The van der Waals surface area contributed by atoms with Gasteiger partial charge in [-0.25, -0.2) is 9.97 Å². The molecule has 0 fully saturated rings. The first-order chi connectivity index (χ1) is 11.6. The third-order valence-corrected chi connectivity index (χ3v) is 4.33. The van der Waals surface area contributed by atoms with Crippen molar-refractivity contribution in [3.63, 3.8) is 0 Å². The number of aliphatic hydroxyl groups excluding tert-OH is 1. The minimum Gasteiger partial charge on any atom is -0.387 e. The molecule has 0 saturated heterocycles. The van der Waals surface area contributed by atoms with E-state index in [1.807, 2.05) is 17.7 Å². The molecule has 4 heterocycles. The maximum atomic E-state index is 12.0. The highest BCUT2D eigenvalue weighted by Crippen LogP contribution is 2.20. The standard InChI is InChI=1S/C15H19N7O2/c1-2-13(23)12-6-11-8-20(3-4-21(11)19-12)7-10-5-14(24)22-15(18-10)16-9-17-22/h5-6,9,13,23H,2-4,7-8H2,1H3,(H,16,17,18). The van der Waals surface area contributed by atoms with Gasteiger partial charge in [-0.1, -0.05) is 6.92 Å². The highest BCUT2D eigenvalue weighted by atomic mass is 16.3. The topological polar surface area (TPSA) is 104 Å². The summed E-state index contributed by atoms with van der Waals surface area (Å²) >= 11 is 0. The Balaban J connectivity index is 1.53. The fraction of sp³-hybridized carbons (Fsp3) is 0.467. The maximum absolute atomic E-state index is 12.0. The molecule has 1 aliphatic heterocycles. The van der Waals surface area contributed by atoms with Crippen LogP contribution in [0.15, 0.2) is 23.3 Å². The molecule has 1 atom stereocenters. The molecule has 0 aliphatic carbocycles. The first-order valence-electron chi connectivity index (χ1n) is 8.03. The number of hydrogen-bond donors (Lipinski definition) is 2. The zero-order chi connectivity index (χ0) is 16.7. The lowest BCUT2D eigenvalue weighted by molar-refractivity contribution is 0.166. The SMILES string of the molecule is CCC(O)c1cc2n(n1)CCN(Cc1cc(=O)n3[nH]cnc3n1)C2. The molecular weight excluding hydrogens is 310 g/mol. The number of H-pyrrole nitrogens is 1. The lowest BCUT2D eigenvalue weighted by Crippen LogP contribution is -2.34. The number of fused-ring (bicyclic) bond motifs is 2. The number of aromatic nitrogens is 6. The van der Waals surface area contributed by atoms with Gasteiger partial charge >= 0.3 is 0 Å². The molecule has 0 aromatic carbocycles. The third-order valence-electron chi connectivity index (χ3n) is 4.33. The van der Waals surface area contributed by atoms with Crippen LogP contribution in [0.1, 0.15) is 36.5 Å². The molecular formula is C15H19N7O2. The fourth-order valence-corrected chi connectivity index (χ4v) is 3.03. The van der Waals surface area contributed by atoms with Crippen molar-refractivity contribution >= 4 is 5.78 Å². The van der Waals surface area contributed by atoms with E-state index in [0.29, 0.717) is 31.0 Å². The summed E-state index contributed by atoms with van der Waals surface area (Å²) in [6.45, 7) is 4.80. The minimum absolute atomic E-state index is 0.164. The van der Waals surface area contributed by atoms with Gasteiger partial charge in [0.2, 0.25) is 0 Å². The summed E-state index contributed by atoms with van der Waals surface area (Å²) in [4.78, 5) is 22.7. The largest absolute Gasteiger partial charge is 0.387 e. The predicted octanol–water partition coefficient (Wildman–Crippen LogP) is 0.0733. The quantitative estimate of drug-likeness (QED) is 0.702. The predicted molar refractivity (Wildman–Crippen MR) is 85.2 cm³/mol. The van der Waals surface area contributed by atoms with Crippen molar-refractivity contribution in [2.24, 2.45) is 0 Å². The van der Waals surface area contributed by atoms with Crippen LogP contribution >= 0.6 is 0 Å². The van der Waals surface area contributed by atoms with E-state index in [1.54, 1.807) is 0 Å². The van der Waals surface area contributed by atoms with E-state index >= 15 is 0 Å². The normalized spacial score (nSPS) is 16.4. The van der Waals surface area contributed by atoms with E-state index in [1.165, 1.54) is 16.9 Å². The Morgan fingerprint density at radius 3 is 3.08 bits per heavy atom. The van der Waals surface area contributed by atoms with E-state index in [9.17, 15) is 9.90 Å². The second kappa shape index (κ2) is 5.84. The average molecular weight is 329 g/mol. The monoisotopic (exact) mass is 329 g/mol. The summed E-state index contributed by atoms with van der Waals surface area (Å²) in [5.41, 5.74) is 2.33. The van der Waals surface area contributed by atoms with Crippen LogP contribution in [-0.2, 0) is 19.6 Å². The van der Waals surface area contributed by atoms with Crippen molar-refractivity contribution < 1.29 is 5.11 Å². The van der Waals surface area contributed by atoms with Crippen molar-refractivity contribution in [1.29, 1.82) is 0 Å². The fourth-order valence-electron chi connectivity index (χ4n) is 3.03. The Labute approximate surface area is 137 Å². The molecule has 1 unspecified atom stereocenters. The van der Waals surface area contributed by atoms with E-state index in [0.717, 1.165) is 24.5 Å². The number of nitrogens with zero attached hydrogens (tertiary/aromatic N) is 6. The average Bonchev–Trinajstić information content (AvgIpc) is 3.20. The lowest BCUT2D eigenvalue weighted by Gasteiger charge is -2.26. The second-order valence-electron chi connectivity index (χ2n) is 6.03. The molecule has 24 heavy (non-hydrogen) atoms. The Kier molecular flexibility index (Phi) is 3.66. The van der Waals surface area contributed by atoms with Gasteiger partial charge in [0.15, 0.2) is 0 Å². The van der Waals surface area contributed by atoms with Crippen molar-refractivity contribution in [3.8, 4) is 0 Å². The molecule has 0 spiro atoms.